The average molecular weight is 250 g/mol. The van der Waals surface area contributed by atoms with E-state index in [1.165, 1.54) is 5.69 Å². The van der Waals surface area contributed by atoms with Gasteiger partial charge in [0.15, 0.2) is 0 Å². The standard InChI is InChI=1S/C15H23FN2/c1-10-8-18(9-11(10)2)15-6-5-13(16)7-14(15)12(3)17-4/h5-7,10-12,17H,8-9H2,1-4H3. The predicted octanol–water partition coefficient (Wildman–Crippen LogP) is 3.20. The second-order valence-electron chi connectivity index (χ2n) is 5.57. The summed E-state index contributed by atoms with van der Waals surface area (Å²) >= 11 is 0. The van der Waals surface area contributed by atoms with Crippen molar-refractivity contribution in [1.82, 2.24) is 5.32 Å². The third kappa shape index (κ3) is 2.51. The third-order valence-corrected chi connectivity index (χ3v) is 4.22. The molecule has 3 unspecified atom stereocenters. The average Bonchev–Trinajstić information content (AvgIpc) is 2.68. The Labute approximate surface area is 109 Å². The fourth-order valence-corrected chi connectivity index (χ4v) is 2.64. The molecule has 2 nitrogen and oxygen atoms in total. The molecule has 0 spiro atoms. The van der Waals surface area contributed by atoms with Crippen molar-refractivity contribution < 1.29 is 4.39 Å². The summed E-state index contributed by atoms with van der Waals surface area (Å²) in [5.41, 5.74) is 2.23. The number of benzene rings is 1. The van der Waals surface area contributed by atoms with Crippen LogP contribution in [-0.2, 0) is 0 Å². The van der Waals surface area contributed by atoms with Gasteiger partial charge in [0.1, 0.15) is 5.82 Å². The van der Waals surface area contributed by atoms with Gasteiger partial charge in [0.2, 0.25) is 0 Å². The van der Waals surface area contributed by atoms with E-state index >= 15 is 0 Å². The highest BCUT2D eigenvalue weighted by atomic mass is 19.1. The second-order valence-corrected chi connectivity index (χ2v) is 5.57. The molecule has 18 heavy (non-hydrogen) atoms. The van der Waals surface area contributed by atoms with E-state index < -0.39 is 0 Å². The molecule has 0 bridgehead atoms. The van der Waals surface area contributed by atoms with Crippen molar-refractivity contribution >= 4 is 5.69 Å². The van der Waals surface area contributed by atoms with Crippen molar-refractivity contribution in [3.63, 3.8) is 0 Å². The van der Waals surface area contributed by atoms with E-state index in [-0.39, 0.29) is 11.9 Å². The van der Waals surface area contributed by atoms with Crippen LogP contribution in [0.3, 0.4) is 0 Å². The lowest BCUT2D eigenvalue weighted by Crippen LogP contribution is -2.24. The molecule has 3 heteroatoms. The molecule has 1 aliphatic rings. The van der Waals surface area contributed by atoms with Gasteiger partial charge in [0, 0.05) is 24.8 Å². The summed E-state index contributed by atoms with van der Waals surface area (Å²) < 4.78 is 13.4. The van der Waals surface area contributed by atoms with Gasteiger partial charge in [-0.3, -0.25) is 0 Å². The normalized spacial score (nSPS) is 25.5. The van der Waals surface area contributed by atoms with Crippen molar-refractivity contribution in [1.29, 1.82) is 0 Å². The first-order valence-electron chi connectivity index (χ1n) is 6.74. The van der Waals surface area contributed by atoms with Gasteiger partial charge >= 0.3 is 0 Å². The Morgan fingerprint density at radius 1 is 1.28 bits per heavy atom. The number of hydrogen-bond donors (Lipinski definition) is 1. The molecule has 0 radical (unpaired) electrons. The molecule has 0 saturated carbocycles. The lowest BCUT2D eigenvalue weighted by Gasteiger charge is -2.25. The van der Waals surface area contributed by atoms with Crippen molar-refractivity contribution in [2.24, 2.45) is 11.8 Å². The maximum Gasteiger partial charge on any atom is 0.123 e. The van der Waals surface area contributed by atoms with Crippen LogP contribution in [0.1, 0.15) is 32.4 Å². The van der Waals surface area contributed by atoms with E-state index in [1.807, 2.05) is 13.1 Å². The van der Waals surface area contributed by atoms with Crippen LogP contribution in [0.25, 0.3) is 0 Å². The minimum atomic E-state index is -0.156. The maximum absolute atomic E-state index is 13.4. The van der Waals surface area contributed by atoms with Crippen LogP contribution in [0, 0.1) is 17.7 Å². The zero-order chi connectivity index (χ0) is 13.3. The van der Waals surface area contributed by atoms with E-state index in [0.717, 1.165) is 18.7 Å². The molecule has 100 valence electrons. The molecule has 1 aromatic rings. The number of nitrogens with zero attached hydrogens (tertiary/aromatic N) is 1. The minimum Gasteiger partial charge on any atom is -0.371 e. The molecule has 0 amide bonds. The van der Waals surface area contributed by atoms with Gasteiger partial charge < -0.3 is 10.2 Å². The summed E-state index contributed by atoms with van der Waals surface area (Å²) in [5.74, 6) is 1.25. The summed E-state index contributed by atoms with van der Waals surface area (Å²) in [6, 6.07) is 5.31. The lowest BCUT2D eigenvalue weighted by atomic mass is 10.0. The van der Waals surface area contributed by atoms with Crippen LogP contribution in [0.2, 0.25) is 0 Å². The van der Waals surface area contributed by atoms with Crippen LogP contribution in [0.4, 0.5) is 10.1 Å². The molecule has 1 aromatic carbocycles. The van der Waals surface area contributed by atoms with Crippen molar-refractivity contribution in [3.05, 3.63) is 29.6 Å². The van der Waals surface area contributed by atoms with E-state index in [4.69, 9.17) is 0 Å². The first-order valence-corrected chi connectivity index (χ1v) is 6.74. The summed E-state index contributed by atoms with van der Waals surface area (Å²) in [4.78, 5) is 2.39. The van der Waals surface area contributed by atoms with Gasteiger partial charge in [-0.15, -0.1) is 0 Å². The summed E-state index contributed by atoms with van der Waals surface area (Å²) in [5, 5.41) is 3.20. The second kappa shape index (κ2) is 5.27. The third-order valence-electron chi connectivity index (χ3n) is 4.22. The van der Waals surface area contributed by atoms with Gasteiger partial charge in [0.05, 0.1) is 0 Å². The van der Waals surface area contributed by atoms with Crippen molar-refractivity contribution in [2.45, 2.75) is 26.8 Å². The molecular weight excluding hydrogens is 227 g/mol. The molecule has 0 aliphatic carbocycles. The topological polar surface area (TPSA) is 15.3 Å². The Hall–Kier alpha value is -1.09. The highest BCUT2D eigenvalue weighted by Gasteiger charge is 2.28. The van der Waals surface area contributed by atoms with Gasteiger partial charge in [0.25, 0.3) is 0 Å². The molecule has 1 fully saturated rings. The highest BCUT2D eigenvalue weighted by Crippen LogP contribution is 2.33. The molecule has 2 rings (SSSR count). The van der Waals surface area contributed by atoms with Gasteiger partial charge in [-0.25, -0.2) is 4.39 Å². The Kier molecular flexibility index (Phi) is 3.91. The number of rotatable bonds is 3. The maximum atomic E-state index is 13.4. The molecule has 1 N–H and O–H groups in total. The van der Waals surface area contributed by atoms with Gasteiger partial charge in [-0.2, -0.15) is 0 Å². The van der Waals surface area contributed by atoms with E-state index in [2.05, 4.69) is 31.0 Å². The van der Waals surface area contributed by atoms with Crippen LogP contribution in [0.15, 0.2) is 18.2 Å². The lowest BCUT2D eigenvalue weighted by molar-refractivity contribution is 0.494. The van der Waals surface area contributed by atoms with Crippen LogP contribution in [-0.4, -0.2) is 20.1 Å². The van der Waals surface area contributed by atoms with Crippen LogP contribution >= 0.6 is 0 Å². The zero-order valence-electron chi connectivity index (χ0n) is 11.7. The first kappa shape index (κ1) is 13.3. The van der Waals surface area contributed by atoms with E-state index in [0.29, 0.717) is 11.8 Å². The Morgan fingerprint density at radius 2 is 1.89 bits per heavy atom. The fraction of sp³-hybridized carbons (Fsp3) is 0.600. The van der Waals surface area contributed by atoms with Crippen molar-refractivity contribution in [3.8, 4) is 0 Å². The van der Waals surface area contributed by atoms with Crippen molar-refractivity contribution in [2.75, 3.05) is 25.0 Å². The summed E-state index contributed by atoms with van der Waals surface area (Å²) in [6.45, 7) is 8.78. The number of halogens is 1. The monoisotopic (exact) mass is 250 g/mol. The van der Waals surface area contributed by atoms with Crippen LogP contribution in [0.5, 0.6) is 0 Å². The van der Waals surface area contributed by atoms with E-state index in [9.17, 15) is 4.39 Å². The fourth-order valence-electron chi connectivity index (χ4n) is 2.64. The first-order chi connectivity index (χ1) is 8.52. The smallest absolute Gasteiger partial charge is 0.123 e. The molecular formula is C15H23FN2. The van der Waals surface area contributed by atoms with E-state index in [1.54, 1.807) is 12.1 Å². The molecule has 1 heterocycles. The Balaban J connectivity index is 2.32. The molecule has 1 saturated heterocycles. The highest BCUT2D eigenvalue weighted by molar-refractivity contribution is 5.56. The minimum absolute atomic E-state index is 0.156. The SMILES string of the molecule is CNC(C)c1cc(F)ccc1N1CC(C)C(C)C1. The largest absolute Gasteiger partial charge is 0.371 e. The van der Waals surface area contributed by atoms with Gasteiger partial charge in [-0.1, -0.05) is 13.8 Å². The predicted molar refractivity (Wildman–Crippen MR) is 74.4 cm³/mol. The summed E-state index contributed by atoms with van der Waals surface area (Å²) in [7, 11) is 1.91. The number of hydrogen-bond acceptors (Lipinski definition) is 2. The Morgan fingerprint density at radius 3 is 2.44 bits per heavy atom. The van der Waals surface area contributed by atoms with Gasteiger partial charge in [-0.05, 0) is 49.6 Å². The molecule has 3 atom stereocenters. The molecule has 0 aromatic heterocycles. The zero-order valence-corrected chi connectivity index (χ0v) is 11.7. The number of nitrogens with one attached hydrogen (secondary N) is 1. The number of anilines is 1. The quantitative estimate of drug-likeness (QED) is 0.886. The summed E-state index contributed by atoms with van der Waals surface area (Å²) in [6.07, 6.45) is 0. The molecule has 1 aliphatic heterocycles. The van der Waals surface area contributed by atoms with Crippen LogP contribution < -0.4 is 10.2 Å². The Bertz CT molecular complexity index is 409.